The Labute approximate surface area is 77.4 Å². The minimum atomic E-state index is 0.603. The zero-order valence-corrected chi connectivity index (χ0v) is 7.28. The third-order valence-electron chi connectivity index (χ3n) is 1.67. The van der Waals surface area contributed by atoms with Crippen LogP contribution in [0, 0.1) is 29.6 Å². The highest BCUT2D eigenvalue weighted by molar-refractivity contribution is 5.60. The molecule has 1 rings (SSSR count). The maximum absolute atomic E-state index is 8.78. The van der Waals surface area contributed by atoms with Crippen molar-refractivity contribution in [3.63, 3.8) is 0 Å². The SMILES string of the molecule is Cc1ccc(C=CC#N)c(C#N)c1. The number of hydrogen-bond acceptors (Lipinski definition) is 2. The Morgan fingerprint density at radius 2 is 2.08 bits per heavy atom. The van der Waals surface area contributed by atoms with Gasteiger partial charge in [-0.05, 0) is 30.2 Å². The second-order valence-corrected chi connectivity index (χ2v) is 2.66. The lowest BCUT2D eigenvalue weighted by atomic mass is 10.1. The smallest absolute Gasteiger partial charge is 0.0998 e. The first-order chi connectivity index (χ1) is 6.27. The van der Waals surface area contributed by atoms with E-state index in [1.54, 1.807) is 12.1 Å². The van der Waals surface area contributed by atoms with Crippen molar-refractivity contribution in [3.8, 4) is 12.1 Å². The number of benzene rings is 1. The van der Waals surface area contributed by atoms with Crippen LogP contribution in [0.3, 0.4) is 0 Å². The molecule has 0 aromatic heterocycles. The normalized spacial score (nSPS) is 9.46. The molecule has 0 radical (unpaired) electrons. The van der Waals surface area contributed by atoms with Crippen molar-refractivity contribution in [2.45, 2.75) is 6.92 Å². The Morgan fingerprint density at radius 3 is 2.69 bits per heavy atom. The summed E-state index contributed by atoms with van der Waals surface area (Å²) in [5.74, 6) is 0. The van der Waals surface area contributed by atoms with Crippen molar-refractivity contribution in [2.24, 2.45) is 0 Å². The van der Waals surface area contributed by atoms with E-state index in [1.165, 1.54) is 6.08 Å². The van der Waals surface area contributed by atoms with E-state index < -0.39 is 0 Å². The molecule has 0 atom stereocenters. The molecule has 0 spiro atoms. The zero-order valence-electron chi connectivity index (χ0n) is 7.28. The maximum Gasteiger partial charge on any atom is 0.0998 e. The summed E-state index contributed by atoms with van der Waals surface area (Å²) >= 11 is 0. The van der Waals surface area contributed by atoms with Crippen LogP contribution in [0.2, 0.25) is 0 Å². The molecule has 0 aliphatic carbocycles. The highest BCUT2D eigenvalue weighted by Gasteiger charge is 1.97. The molecule has 0 fully saturated rings. The minimum Gasteiger partial charge on any atom is -0.193 e. The average molecular weight is 168 g/mol. The van der Waals surface area contributed by atoms with Crippen LogP contribution in [0.15, 0.2) is 24.3 Å². The Morgan fingerprint density at radius 1 is 1.31 bits per heavy atom. The molecular weight excluding hydrogens is 160 g/mol. The molecule has 1 aromatic carbocycles. The Kier molecular flexibility index (Phi) is 2.84. The summed E-state index contributed by atoms with van der Waals surface area (Å²) in [4.78, 5) is 0. The first-order valence-electron chi connectivity index (χ1n) is 3.85. The van der Waals surface area contributed by atoms with E-state index in [2.05, 4.69) is 6.07 Å². The van der Waals surface area contributed by atoms with Crippen LogP contribution in [0.4, 0.5) is 0 Å². The van der Waals surface area contributed by atoms with Crippen LogP contribution in [0.25, 0.3) is 6.08 Å². The lowest BCUT2D eigenvalue weighted by molar-refractivity contribution is 1.41. The van der Waals surface area contributed by atoms with Gasteiger partial charge in [0.05, 0.1) is 17.7 Å². The maximum atomic E-state index is 8.78. The molecule has 0 unspecified atom stereocenters. The summed E-state index contributed by atoms with van der Waals surface area (Å²) in [7, 11) is 0. The highest BCUT2D eigenvalue weighted by Crippen LogP contribution is 2.11. The van der Waals surface area contributed by atoms with Crippen molar-refractivity contribution in [1.82, 2.24) is 0 Å². The predicted octanol–water partition coefficient (Wildman–Crippen LogP) is 2.40. The fraction of sp³-hybridized carbons (Fsp3) is 0.0909. The molecule has 0 amide bonds. The third-order valence-corrected chi connectivity index (χ3v) is 1.67. The lowest BCUT2D eigenvalue weighted by Crippen LogP contribution is -1.82. The van der Waals surface area contributed by atoms with E-state index in [1.807, 2.05) is 25.1 Å². The van der Waals surface area contributed by atoms with Gasteiger partial charge in [-0.1, -0.05) is 12.1 Å². The van der Waals surface area contributed by atoms with Gasteiger partial charge in [-0.25, -0.2) is 0 Å². The van der Waals surface area contributed by atoms with E-state index in [4.69, 9.17) is 10.5 Å². The van der Waals surface area contributed by atoms with Gasteiger partial charge in [-0.15, -0.1) is 0 Å². The molecule has 13 heavy (non-hydrogen) atoms. The van der Waals surface area contributed by atoms with E-state index in [-0.39, 0.29) is 0 Å². The molecule has 0 bridgehead atoms. The summed E-state index contributed by atoms with van der Waals surface area (Å²) in [5, 5.41) is 17.1. The number of nitriles is 2. The summed E-state index contributed by atoms with van der Waals surface area (Å²) in [5.41, 5.74) is 2.44. The van der Waals surface area contributed by atoms with E-state index in [0.29, 0.717) is 5.56 Å². The van der Waals surface area contributed by atoms with Gasteiger partial charge in [-0.2, -0.15) is 10.5 Å². The number of allylic oxidation sites excluding steroid dienone is 1. The van der Waals surface area contributed by atoms with Crippen molar-refractivity contribution >= 4 is 6.08 Å². The second-order valence-electron chi connectivity index (χ2n) is 2.66. The average Bonchev–Trinajstić information content (AvgIpc) is 2.16. The van der Waals surface area contributed by atoms with Crippen LogP contribution in [0.1, 0.15) is 16.7 Å². The fourth-order valence-corrected chi connectivity index (χ4v) is 1.04. The summed E-state index contributed by atoms with van der Waals surface area (Å²) < 4.78 is 0. The monoisotopic (exact) mass is 168 g/mol. The fourth-order valence-electron chi connectivity index (χ4n) is 1.04. The zero-order chi connectivity index (χ0) is 9.68. The van der Waals surface area contributed by atoms with Crippen molar-refractivity contribution < 1.29 is 0 Å². The molecule has 0 saturated heterocycles. The molecule has 0 saturated carbocycles. The summed E-state index contributed by atoms with van der Waals surface area (Å²) in [6.45, 7) is 1.93. The van der Waals surface area contributed by atoms with Gasteiger partial charge in [0.25, 0.3) is 0 Å². The predicted molar refractivity (Wildman–Crippen MR) is 50.5 cm³/mol. The number of hydrogen-bond donors (Lipinski definition) is 0. The van der Waals surface area contributed by atoms with E-state index in [9.17, 15) is 0 Å². The second kappa shape index (κ2) is 4.09. The van der Waals surface area contributed by atoms with Gasteiger partial charge >= 0.3 is 0 Å². The Balaban J connectivity index is 3.17. The van der Waals surface area contributed by atoms with Crippen molar-refractivity contribution in [1.29, 1.82) is 10.5 Å². The standard InChI is InChI=1S/C11H8N2/c1-9-4-5-10(3-2-6-12)11(7-9)8-13/h2-5,7H,1H3. The molecule has 0 aliphatic heterocycles. The summed E-state index contributed by atoms with van der Waals surface area (Å²) in [6.07, 6.45) is 3.00. The van der Waals surface area contributed by atoms with Gasteiger partial charge in [0.1, 0.15) is 0 Å². The van der Waals surface area contributed by atoms with Crippen LogP contribution < -0.4 is 0 Å². The highest BCUT2D eigenvalue weighted by atomic mass is 14.2. The van der Waals surface area contributed by atoms with E-state index in [0.717, 1.165) is 11.1 Å². The van der Waals surface area contributed by atoms with Gasteiger partial charge in [0.15, 0.2) is 0 Å². The molecule has 2 nitrogen and oxygen atoms in total. The molecule has 1 aromatic rings. The molecule has 0 aliphatic rings. The van der Waals surface area contributed by atoms with Crippen LogP contribution >= 0.6 is 0 Å². The third kappa shape index (κ3) is 2.18. The quantitative estimate of drug-likeness (QED) is 0.604. The number of aryl methyl sites for hydroxylation is 1. The molecule has 0 heterocycles. The topological polar surface area (TPSA) is 47.6 Å². The van der Waals surface area contributed by atoms with Gasteiger partial charge in [-0.3, -0.25) is 0 Å². The molecule has 0 N–H and O–H groups in total. The Hall–Kier alpha value is -2.06. The largest absolute Gasteiger partial charge is 0.193 e. The number of nitrogens with zero attached hydrogens (tertiary/aromatic N) is 2. The summed E-state index contributed by atoms with van der Waals surface area (Å²) in [6, 6.07) is 9.53. The van der Waals surface area contributed by atoms with Gasteiger partial charge < -0.3 is 0 Å². The molecular formula is C11H8N2. The van der Waals surface area contributed by atoms with Crippen molar-refractivity contribution in [2.75, 3.05) is 0 Å². The van der Waals surface area contributed by atoms with Crippen LogP contribution in [-0.2, 0) is 0 Å². The lowest BCUT2D eigenvalue weighted by Gasteiger charge is -1.97. The first-order valence-corrected chi connectivity index (χ1v) is 3.85. The van der Waals surface area contributed by atoms with Gasteiger partial charge in [0.2, 0.25) is 0 Å². The molecule has 2 heteroatoms. The molecule has 62 valence electrons. The van der Waals surface area contributed by atoms with E-state index >= 15 is 0 Å². The van der Waals surface area contributed by atoms with Gasteiger partial charge in [0, 0.05) is 6.08 Å². The Bertz CT molecular complexity index is 417. The van der Waals surface area contributed by atoms with Crippen LogP contribution in [0.5, 0.6) is 0 Å². The van der Waals surface area contributed by atoms with Crippen LogP contribution in [-0.4, -0.2) is 0 Å². The first kappa shape index (κ1) is 9.03. The number of rotatable bonds is 1. The minimum absolute atomic E-state index is 0.603. The van der Waals surface area contributed by atoms with Crippen molar-refractivity contribution in [3.05, 3.63) is 41.0 Å².